The molecule has 1 aromatic carbocycles. The molecule has 1 aromatic rings. The average Bonchev–Trinajstić information content (AvgIpc) is 2.63. The lowest BCUT2D eigenvalue weighted by Crippen LogP contribution is -2.13. The molecule has 136 valence electrons. The topological polar surface area (TPSA) is 89.7 Å². The Labute approximate surface area is 147 Å². The first-order valence-corrected chi connectivity index (χ1v) is 7.73. The highest BCUT2D eigenvalue weighted by atomic mass is 16.6. The Balaban J connectivity index is 3.33. The molecule has 0 aromatic heterocycles. The van der Waals surface area contributed by atoms with Gasteiger partial charge >= 0.3 is 5.97 Å². The number of esters is 1. The second-order valence-electron chi connectivity index (χ2n) is 5.01. The van der Waals surface area contributed by atoms with Gasteiger partial charge in [0.15, 0.2) is 6.23 Å². The van der Waals surface area contributed by atoms with Crippen LogP contribution in [0.2, 0.25) is 0 Å². The Morgan fingerprint density at radius 2 is 1.96 bits per heavy atom. The van der Waals surface area contributed by atoms with E-state index in [1.165, 1.54) is 27.6 Å². The molecule has 0 spiro atoms. The zero-order chi connectivity index (χ0) is 18.8. The first-order valence-electron chi connectivity index (χ1n) is 7.73. The average molecular weight is 348 g/mol. The molecule has 7 heteroatoms. The first kappa shape index (κ1) is 20.4. The standard InChI is InChI=1S/C18H24N2O5/c1-6-16(20-25-5)12(2)19-17(21)14-10-8-7-9-13(14)15(11-23-3)18(22)24-4/h7-11,17,21H,6H2,1-5H3/b15-11+,19-12?,20-16+. The van der Waals surface area contributed by atoms with Crippen molar-refractivity contribution in [2.24, 2.45) is 10.1 Å². The van der Waals surface area contributed by atoms with Crippen LogP contribution < -0.4 is 0 Å². The summed E-state index contributed by atoms with van der Waals surface area (Å²) in [5, 5.41) is 14.4. The Kier molecular flexibility index (Phi) is 8.35. The molecule has 0 heterocycles. The van der Waals surface area contributed by atoms with Gasteiger partial charge in [0, 0.05) is 5.56 Å². The molecule has 1 rings (SSSR count). The Morgan fingerprint density at radius 1 is 1.28 bits per heavy atom. The molecule has 0 saturated heterocycles. The minimum Gasteiger partial charge on any atom is -0.503 e. The maximum absolute atomic E-state index is 12.0. The zero-order valence-electron chi connectivity index (χ0n) is 15.1. The number of benzene rings is 1. The van der Waals surface area contributed by atoms with Crippen molar-refractivity contribution in [3.63, 3.8) is 0 Å². The Morgan fingerprint density at radius 3 is 2.52 bits per heavy atom. The highest BCUT2D eigenvalue weighted by molar-refractivity contribution is 6.41. The normalized spacial score (nSPS) is 14.1. The molecule has 0 saturated carbocycles. The van der Waals surface area contributed by atoms with Gasteiger partial charge in [-0.2, -0.15) is 0 Å². The lowest BCUT2D eigenvalue weighted by Gasteiger charge is -2.15. The van der Waals surface area contributed by atoms with Crippen molar-refractivity contribution in [1.29, 1.82) is 0 Å². The van der Waals surface area contributed by atoms with Gasteiger partial charge in [-0.05, 0) is 18.9 Å². The van der Waals surface area contributed by atoms with Crippen LogP contribution in [0.15, 0.2) is 40.7 Å². The van der Waals surface area contributed by atoms with Crippen molar-refractivity contribution in [3.05, 3.63) is 41.7 Å². The molecule has 25 heavy (non-hydrogen) atoms. The van der Waals surface area contributed by atoms with Gasteiger partial charge in [-0.1, -0.05) is 36.3 Å². The Bertz CT molecular complexity index is 680. The molecule has 1 atom stereocenters. The molecule has 0 radical (unpaired) electrons. The molecule has 0 aliphatic rings. The van der Waals surface area contributed by atoms with E-state index < -0.39 is 12.2 Å². The number of hydrogen-bond acceptors (Lipinski definition) is 7. The van der Waals surface area contributed by atoms with Gasteiger partial charge in [0.1, 0.15) is 18.4 Å². The van der Waals surface area contributed by atoms with Crippen LogP contribution in [0.25, 0.3) is 5.57 Å². The number of carbonyl (C=O) groups excluding carboxylic acids is 1. The fourth-order valence-electron chi connectivity index (χ4n) is 2.24. The van der Waals surface area contributed by atoms with Crippen LogP contribution in [0.5, 0.6) is 0 Å². The van der Waals surface area contributed by atoms with E-state index >= 15 is 0 Å². The third kappa shape index (κ3) is 5.42. The van der Waals surface area contributed by atoms with Gasteiger partial charge < -0.3 is 19.4 Å². The molecule has 0 amide bonds. The number of aliphatic hydroxyl groups excluding tert-OH is 1. The molecule has 0 fully saturated rings. The van der Waals surface area contributed by atoms with E-state index in [0.29, 0.717) is 29.0 Å². The van der Waals surface area contributed by atoms with Crippen molar-refractivity contribution < 1.29 is 24.2 Å². The quantitative estimate of drug-likeness (QED) is 0.256. The lowest BCUT2D eigenvalue weighted by molar-refractivity contribution is -0.133. The number of nitrogens with zero attached hydrogens (tertiary/aromatic N) is 2. The van der Waals surface area contributed by atoms with Crippen LogP contribution in [0, 0.1) is 0 Å². The van der Waals surface area contributed by atoms with E-state index in [0.717, 1.165) is 0 Å². The van der Waals surface area contributed by atoms with Gasteiger partial charge in [-0.15, -0.1) is 0 Å². The second kappa shape index (κ2) is 10.2. The largest absolute Gasteiger partial charge is 0.503 e. The van der Waals surface area contributed by atoms with Crippen LogP contribution in [0.1, 0.15) is 37.6 Å². The maximum Gasteiger partial charge on any atom is 0.341 e. The van der Waals surface area contributed by atoms with Gasteiger partial charge in [-0.3, -0.25) is 4.99 Å². The number of oxime groups is 1. The summed E-state index contributed by atoms with van der Waals surface area (Å²) in [5.41, 5.74) is 2.28. The number of carbonyl (C=O) groups is 1. The maximum atomic E-state index is 12.0. The summed E-state index contributed by atoms with van der Waals surface area (Å²) in [6.45, 7) is 3.65. The van der Waals surface area contributed by atoms with Gasteiger partial charge in [0.25, 0.3) is 0 Å². The molecule has 1 N–H and O–H groups in total. The van der Waals surface area contributed by atoms with Gasteiger partial charge in [0.2, 0.25) is 0 Å². The van der Waals surface area contributed by atoms with Crippen LogP contribution in [-0.4, -0.2) is 43.8 Å². The van der Waals surface area contributed by atoms with Gasteiger partial charge in [0.05, 0.1) is 26.2 Å². The van der Waals surface area contributed by atoms with E-state index in [9.17, 15) is 9.90 Å². The first-order chi connectivity index (χ1) is 12.0. The summed E-state index contributed by atoms with van der Waals surface area (Å²) in [6.07, 6.45) is 0.696. The molecular weight excluding hydrogens is 324 g/mol. The van der Waals surface area contributed by atoms with Crippen molar-refractivity contribution in [1.82, 2.24) is 0 Å². The van der Waals surface area contributed by atoms with Crippen molar-refractivity contribution in [2.45, 2.75) is 26.5 Å². The monoisotopic (exact) mass is 348 g/mol. The molecule has 0 aliphatic heterocycles. The van der Waals surface area contributed by atoms with E-state index in [2.05, 4.69) is 10.1 Å². The van der Waals surface area contributed by atoms with Crippen LogP contribution in [0.3, 0.4) is 0 Å². The number of hydrogen-bond donors (Lipinski definition) is 1. The molecule has 7 nitrogen and oxygen atoms in total. The highest BCUT2D eigenvalue weighted by Crippen LogP contribution is 2.27. The predicted molar refractivity (Wildman–Crippen MR) is 96.2 cm³/mol. The molecule has 0 aliphatic carbocycles. The highest BCUT2D eigenvalue weighted by Gasteiger charge is 2.20. The third-order valence-electron chi connectivity index (χ3n) is 3.44. The lowest BCUT2D eigenvalue weighted by atomic mass is 9.99. The van der Waals surface area contributed by atoms with Crippen LogP contribution in [-0.2, 0) is 19.1 Å². The summed E-state index contributed by atoms with van der Waals surface area (Å²) in [5.74, 6) is -0.572. The third-order valence-corrected chi connectivity index (χ3v) is 3.44. The summed E-state index contributed by atoms with van der Waals surface area (Å²) in [7, 11) is 4.16. The second-order valence-corrected chi connectivity index (χ2v) is 5.01. The van der Waals surface area contributed by atoms with E-state index in [-0.39, 0.29) is 5.57 Å². The number of ether oxygens (including phenoxy) is 2. The Hall–Kier alpha value is -2.67. The summed E-state index contributed by atoms with van der Waals surface area (Å²) in [4.78, 5) is 21.1. The fourth-order valence-corrected chi connectivity index (χ4v) is 2.24. The van der Waals surface area contributed by atoms with Crippen LogP contribution >= 0.6 is 0 Å². The number of aliphatic hydroxyl groups is 1. The SMILES string of the molecule is CC/C(=N\OC)C(C)=NC(O)c1ccccc1/C(=C\OC)C(=O)OC. The number of aliphatic imine (C=N–C) groups is 1. The van der Waals surface area contributed by atoms with Crippen molar-refractivity contribution in [3.8, 4) is 0 Å². The van der Waals surface area contributed by atoms with Gasteiger partial charge in [-0.25, -0.2) is 4.79 Å². The number of methoxy groups -OCH3 is 2. The molecule has 0 bridgehead atoms. The minimum absolute atomic E-state index is 0.189. The van der Waals surface area contributed by atoms with Crippen molar-refractivity contribution in [2.75, 3.05) is 21.3 Å². The zero-order valence-corrected chi connectivity index (χ0v) is 15.1. The van der Waals surface area contributed by atoms with E-state index in [1.54, 1.807) is 31.2 Å². The van der Waals surface area contributed by atoms with Crippen molar-refractivity contribution >= 4 is 23.0 Å². The predicted octanol–water partition coefficient (Wildman–Crippen LogP) is 2.71. The molecule has 1 unspecified atom stereocenters. The minimum atomic E-state index is -1.19. The summed E-state index contributed by atoms with van der Waals surface area (Å²) in [6, 6.07) is 6.87. The fraction of sp³-hybridized carbons (Fsp3) is 0.389. The summed E-state index contributed by atoms with van der Waals surface area (Å²) >= 11 is 0. The van der Waals surface area contributed by atoms with E-state index in [4.69, 9.17) is 14.3 Å². The smallest absolute Gasteiger partial charge is 0.341 e. The van der Waals surface area contributed by atoms with Crippen LogP contribution in [0.4, 0.5) is 0 Å². The number of rotatable bonds is 8. The summed E-state index contributed by atoms with van der Waals surface area (Å²) < 4.78 is 9.75. The van der Waals surface area contributed by atoms with E-state index in [1.807, 2.05) is 6.92 Å². The molecular formula is C18H24N2O5.